The highest BCUT2D eigenvalue weighted by Crippen LogP contribution is 2.33. The lowest BCUT2D eigenvalue weighted by atomic mass is 9.87. The molecule has 1 N–H and O–H groups in total. The van der Waals surface area contributed by atoms with Crippen LogP contribution in [0, 0.1) is 5.92 Å². The van der Waals surface area contributed by atoms with E-state index in [2.05, 4.69) is 48.2 Å². The van der Waals surface area contributed by atoms with Gasteiger partial charge in [0.25, 0.3) is 11.8 Å². The Morgan fingerprint density at radius 2 is 1.73 bits per heavy atom. The number of anilines is 2. The summed E-state index contributed by atoms with van der Waals surface area (Å²) < 4.78 is 7.52. The predicted octanol–water partition coefficient (Wildman–Crippen LogP) is 6.03. The number of pyridine rings is 1. The van der Waals surface area contributed by atoms with Gasteiger partial charge in [-0.2, -0.15) is 4.98 Å². The topological polar surface area (TPSA) is 126 Å². The van der Waals surface area contributed by atoms with Crippen molar-refractivity contribution in [3.05, 3.63) is 71.7 Å². The van der Waals surface area contributed by atoms with Crippen molar-refractivity contribution in [1.82, 2.24) is 34.2 Å². The number of nitrogens with zero attached hydrogens (tertiary/aromatic N) is 7. The molecule has 2 fully saturated rings. The molecule has 0 radical (unpaired) electrons. The maximum absolute atomic E-state index is 13.5. The number of hydrogen-bond acceptors (Lipinski definition) is 8. The first-order chi connectivity index (χ1) is 23.1. The molecule has 2 saturated heterocycles. The smallest absolute Gasteiger partial charge is 0.410 e. The molecule has 0 aliphatic carbocycles. The number of nitrogens with one attached hydrogen (secondary N) is 1. The van der Waals surface area contributed by atoms with Gasteiger partial charge in [-0.1, -0.05) is 32.9 Å². The Morgan fingerprint density at radius 3 is 2.41 bits per heavy atom. The van der Waals surface area contributed by atoms with E-state index in [4.69, 9.17) is 9.72 Å². The summed E-state index contributed by atoms with van der Waals surface area (Å²) in [4.78, 5) is 58.7. The average molecular weight is 667 g/mol. The van der Waals surface area contributed by atoms with Crippen LogP contribution in [0.25, 0.3) is 16.7 Å². The fourth-order valence-corrected chi connectivity index (χ4v) is 6.59. The number of fused-ring (bicyclic) bond motifs is 2. The Morgan fingerprint density at radius 1 is 0.959 bits per heavy atom. The highest BCUT2D eigenvalue weighted by atomic mass is 16.6. The normalized spacial score (nSPS) is 18.0. The summed E-state index contributed by atoms with van der Waals surface area (Å²) in [6.45, 7) is 13.7. The maximum atomic E-state index is 13.5. The number of ether oxygens (including phenoxy) is 1. The second-order valence-corrected chi connectivity index (χ2v) is 15.2. The van der Waals surface area contributed by atoms with Crippen LogP contribution in [0.3, 0.4) is 0 Å². The number of carbonyl (C=O) groups is 3. The van der Waals surface area contributed by atoms with Crippen LogP contribution in [0.15, 0.2) is 54.9 Å². The summed E-state index contributed by atoms with van der Waals surface area (Å²) in [5.41, 5.74) is 2.82. The van der Waals surface area contributed by atoms with Crippen molar-refractivity contribution in [2.75, 3.05) is 39.0 Å². The fourth-order valence-electron chi connectivity index (χ4n) is 6.59. The first-order valence-corrected chi connectivity index (χ1v) is 16.8. The number of piperidine rings is 1. The molecule has 0 spiro atoms. The molecule has 2 unspecified atom stereocenters. The zero-order valence-electron chi connectivity index (χ0n) is 29.6. The van der Waals surface area contributed by atoms with Crippen molar-refractivity contribution in [3.8, 4) is 5.69 Å². The molecule has 3 aromatic heterocycles. The number of hydrogen-bond donors (Lipinski definition) is 1. The summed E-state index contributed by atoms with van der Waals surface area (Å²) in [5, 5.41) is 3.88. The van der Waals surface area contributed by atoms with Gasteiger partial charge in [-0.25, -0.2) is 14.8 Å². The van der Waals surface area contributed by atoms with Crippen LogP contribution in [0.2, 0.25) is 0 Å². The van der Waals surface area contributed by atoms with Crippen molar-refractivity contribution in [3.63, 3.8) is 0 Å². The van der Waals surface area contributed by atoms with E-state index in [9.17, 15) is 14.4 Å². The molecule has 12 heteroatoms. The van der Waals surface area contributed by atoms with Gasteiger partial charge < -0.3 is 24.8 Å². The van der Waals surface area contributed by atoms with Crippen LogP contribution in [0.5, 0.6) is 0 Å². The Kier molecular flexibility index (Phi) is 8.85. The summed E-state index contributed by atoms with van der Waals surface area (Å²) >= 11 is 0. The first kappa shape index (κ1) is 33.9. The van der Waals surface area contributed by atoms with E-state index in [0.29, 0.717) is 48.3 Å². The van der Waals surface area contributed by atoms with Gasteiger partial charge in [0.15, 0.2) is 5.65 Å². The number of amides is 3. The molecule has 1 aromatic carbocycles. The molecule has 12 nitrogen and oxygen atoms in total. The molecule has 2 atom stereocenters. The van der Waals surface area contributed by atoms with Gasteiger partial charge >= 0.3 is 6.09 Å². The van der Waals surface area contributed by atoms with Crippen LogP contribution >= 0.6 is 0 Å². The number of aromatic nitrogens is 4. The standard InChI is InChI=1S/C37H46N8O4/c1-36(2,3)26-12-9-13-27(18-26)45-28(33(47)42(7)8)17-25-20-39-34(41-31(25)45)40-30-15-14-23(19-38-30)32(46)43-21-24-11-10-16-44(29(24)22-43)35(48)49-37(4,5)6/h9,12-15,17-20,24,29H,10-11,16,21-22H2,1-8H3,(H,38,39,40,41). The molecule has 5 heterocycles. The third-order valence-electron chi connectivity index (χ3n) is 9.08. The average Bonchev–Trinajstić information content (AvgIpc) is 3.65. The summed E-state index contributed by atoms with van der Waals surface area (Å²) in [6, 6.07) is 13.3. The van der Waals surface area contributed by atoms with Crippen LogP contribution in [-0.4, -0.2) is 97.5 Å². The van der Waals surface area contributed by atoms with Crippen molar-refractivity contribution >= 4 is 40.7 Å². The lowest BCUT2D eigenvalue weighted by molar-refractivity contribution is 0.00614. The lowest BCUT2D eigenvalue weighted by Crippen LogP contribution is -2.50. The molecule has 2 aliphatic heterocycles. The molecule has 258 valence electrons. The van der Waals surface area contributed by atoms with Gasteiger partial charge in [-0.15, -0.1) is 0 Å². The summed E-state index contributed by atoms with van der Waals surface area (Å²) in [6.07, 6.45) is 4.77. The highest BCUT2D eigenvalue weighted by molar-refractivity contribution is 5.99. The van der Waals surface area contributed by atoms with Gasteiger partial charge in [0.2, 0.25) is 5.95 Å². The number of rotatable bonds is 5. The molecule has 0 saturated carbocycles. The Hall–Kier alpha value is -5.00. The lowest BCUT2D eigenvalue weighted by Gasteiger charge is -2.37. The second-order valence-electron chi connectivity index (χ2n) is 15.2. The number of carbonyl (C=O) groups excluding carboxylic acids is 3. The first-order valence-electron chi connectivity index (χ1n) is 16.8. The van der Waals surface area contributed by atoms with E-state index >= 15 is 0 Å². The zero-order chi connectivity index (χ0) is 35.2. The predicted molar refractivity (Wildman–Crippen MR) is 188 cm³/mol. The Labute approximate surface area is 287 Å². The van der Waals surface area contributed by atoms with E-state index in [1.165, 1.54) is 0 Å². The quantitative estimate of drug-likeness (QED) is 0.274. The molecular formula is C37H46N8O4. The monoisotopic (exact) mass is 666 g/mol. The fraction of sp³-hybridized carbons (Fsp3) is 0.459. The SMILES string of the molecule is CN(C)C(=O)c1cc2cnc(Nc3ccc(C(=O)N4CC5CCCN(C(=O)OC(C)(C)C)C5C4)cn3)nc2n1-c1cccc(C(C)(C)C)c1. The van der Waals surface area contributed by atoms with E-state index in [1.807, 2.05) is 48.4 Å². The minimum atomic E-state index is -0.577. The van der Waals surface area contributed by atoms with Crippen LogP contribution in [0.4, 0.5) is 16.6 Å². The third-order valence-corrected chi connectivity index (χ3v) is 9.08. The third kappa shape index (κ3) is 7.09. The number of benzene rings is 1. The minimum absolute atomic E-state index is 0.0584. The van der Waals surface area contributed by atoms with Crippen LogP contribution in [-0.2, 0) is 10.2 Å². The second kappa shape index (κ2) is 12.8. The number of likely N-dealkylation sites (tertiary alicyclic amines) is 2. The molecule has 49 heavy (non-hydrogen) atoms. The van der Waals surface area contributed by atoms with E-state index < -0.39 is 5.60 Å². The van der Waals surface area contributed by atoms with Gasteiger partial charge in [-0.05, 0) is 80.8 Å². The molecule has 3 amide bonds. The van der Waals surface area contributed by atoms with Crippen LogP contribution < -0.4 is 5.32 Å². The highest BCUT2D eigenvalue weighted by Gasteiger charge is 2.44. The van der Waals surface area contributed by atoms with Gasteiger partial charge in [0.05, 0.1) is 11.6 Å². The van der Waals surface area contributed by atoms with Crippen molar-refractivity contribution in [2.45, 2.75) is 71.4 Å². The molecular weight excluding hydrogens is 620 g/mol. The molecule has 6 rings (SSSR count). The van der Waals surface area contributed by atoms with Crippen molar-refractivity contribution < 1.29 is 19.1 Å². The van der Waals surface area contributed by atoms with Crippen molar-refractivity contribution in [1.29, 1.82) is 0 Å². The molecule has 4 aromatic rings. The van der Waals surface area contributed by atoms with E-state index in [1.54, 1.807) is 48.4 Å². The van der Waals surface area contributed by atoms with Gasteiger partial charge in [0.1, 0.15) is 17.1 Å². The molecule has 0 bridgehead atoms. The maximum Gasteiger partial charge on any atom is 0.410 e. The Balaban J connectivity index is 1.21. The van der Waals surface area contributed by atoms with Gasteiger partial charge in [-0.3, -0.25) is 14.2 Å². The summed E-state index contributed by atoms with van der Waals surface area (Å²) in [7, 11) is 3.45. The largest absolute Gasteiger partial charge is 0.444 e. The Bertz CT molecular complexity index is 1890. The molecule has 2 aliphatic rings. The summed E-state index contributed by atoms with van der Waals surface area (Å²) in [5.74, 6) is 0.725. The van der Waals surface area contributed by atoms with Gasteiger partial charge in [0, 0.05) is 57.2 Å². The van der Waals surface area contributed by atoms with E-state index in [0.717, 1.165) is 29.5 Å². The van der Waals surface area contributed by atoms with Crippen molar-refractivity contribution in [2.24, 2.45) is 5.92 Å². The zero-order valence-corrected chi connectivity index (χ0v) is 29.6. The van der Waals surface area contributed by atoms with Crippen LogP contribution in [0.1, 0.15) is 80.8 Å². The minimum Gasteiger partial charge on any atom is -0.444 e. The van der Waals surface area contributed by atoms with E-state index in [-0.39, 0.29) is 35.3 Å².